The Morgan fingerprint density at radius 1 is 0.814 bits per heavy atom. The second-order valence-electron chi connectivity index (χ2n) is 12.5. The van der Waals surface area contributed by atoms with Crippen LogP contribution in [0.2, 0.25) is 0 Å². The normalized spacial score (nSPS) is 13.5. The number of hydrogen-bond acceptors (Lipinski definition) is 4. The molecule has 3 atom stereocenters. The van der Waals surface area contributed by atoms with Crippen molar-refractivity contribution in [3.8, 4) is 0 Å². The number of carbonyl (C=O) groups is 3. The summed E-state index contributed by atoms with van der Waals surface area (Å²) in [6.07, 6.45) is 7.31. The molecular formula is C36H55N3O4. The number of amides is 3. The lowest BCUT2D eigenvalue weighted by Crippen LogP contribution is -2.54. The van der Waals surface area contributed by atoms with E-state index in [0.717, 1.165) is 68.1 Å². The molecule has 0 aliphatic heterocycles. The van der Waals surface area contributed by atoms with E-state index >= 15 is 0 Å². The predicted octanol–water partition coefficient (Wildman–Crippen LogP) is 7.53. The quantitative estimate of drug-likeness (QED) is 0.186. The number of carbonyl (C=O) groups excluding carboxylic acids is 3. The molecule has 0 spiro atoms. The monoisotopic (exact) mass is 593 g/mol. The van der Waals surface area contributed by atoms with Gasteiger partial charge in [-0.2, -0.15) is 0 Å². The Labute approximate surface area is 260 Å². The summed E-state index contributed by atoms with van der Waals surface area (Å²) in [5.74, 6) is -0.504. The maximum Gasteiger partial charge on any atom is 0.408 e. The lowest BCUT2D eigenvalue weighted by atomic mass is 9.98. The minimum absolute atomic E-state index is 0.0311. The Bertz CT molecular complexity index is 1110. The molecule has 0 aromatic heterocycles. The van der Waals surface area contributed by atoms with Crippen molar-refractivity contribution in [1.29, 1.82) is 0 Å². The van der Waals surface area contributed by atoms with Gasteiger partial charge in [-0.25, -0.2) is 4.79 Å². The summed E-state index contributed by atoms with van der Waals surface area (Å²) in [7, 11) is 0. The van der Waals surface area contributed by atoms with Crippen molar-refractivity contribution in [2.24, 2.45) is 0 Å². The first-order valence-electron chi connectivity index (χ1n) is 16.2. The van der Waals surface area contributed by atoms with Crippen LogP contribution in [-0.4, -0.2) is 47.0 Å². The maximum absolute atomic E-state index is 14.6. The molecule has 0 saturated heterocycles. The first-order valence-corrected chi connectivity index (χ1v) is 16.2. The zero-order valence-electron chi connectivity index (χ0n) is 27.6. The molecule has 0 saturated carbocycles. The largest absolute Gasteiger partial charge is 0.444 e. The average molecular weight is 594 g/mol. The predicted molar refractivity (Wildman–Crippen MR) is 175 cm³/mol. The van der Waals surface area contributed by atoms with Crippen LogP contribution >= 0.6 is 0 Å². The van der Waals surface area contributed by atoms with Gasteiger partial charge >= 0.3 is 6.09 Å². The van der Waals surface area contributed by atoms with Crippen LogP contribution in [0.3, 0.4) is 0 Å². The molecule has 0 aliphatic carbocycles. The standard InChI is InChI=1S/C36H55N3O4/c1-8-11-12-13-17-25-39(32(33(40)37-27(4)18-9-2)30-23-21-28(10-3)22-24-30)34(41)31(26-29-19-15-14-16-20-29)38-35(42)43-36(5,6)7/h14-16,19-24,27,31-32H,8-13,17-18,25-26H2,1-7H3,(H,37,40)(H,38,42). The van der Waals surface area contributed by atoms with Crippen LogP contribution in [0, 0.1) is 0 Å². The van der Waals surface area contributed by atoms with E-state index < -0.39 is 23.8 Å². The SMILES string of the molecule is CCCCCCCN(C(=O)C(Cc1ccccc1)NC(=O)OC(C)(C)C)C(C(=O)NC(C)CCC)c1ccc(CC)cc1. The van der Waals surface area contributed by atoms with Crippen molar-refractivity contribution in [3.05, 3.63) is 71.3 Å². The molecule has 3 amide bonds. The second-order valence-corrected chi connectivity index (χ2v) is 12.5. The van der Waals surface area contributed by atoms with Gasteiger partial charge in [0.05, 0.1) is 0 Å². The minimum atomic E-state index is -0.911. The lowest BCUT2D eigenvalue weighted by Gasteiger charge is -2.35. The van der Waals surface area contributed by atoms with Crippen LogP contribution in [0.1, 0.15) is 116 Å². The molecule has 2 rings (SSSR count). The van der Waals surface area contributed by atoms with Crippen molar-refractivity contribution in [1.82, 2.24) is 15.5 Å². The summed E-state index contributed by atoms with van der Waals surface area (Å²) in [4.78, 5) is 43.3. The molecule has 2 N–H and O–H groups in total. The lowest BCUT2D eigenvalue weighted by molar-refractivity contribution is -0.142. The van der Waals surface area contributed by atoms with Gasteiger partial charge in [-0.3, -0.25) is 9.59 Å². The van der Waals surface area contributed by atoms with Crippen molar-refractivity contribution in [2.75, 3.05) is 6.54 Å². The first kappa shape index (κ1) is 35.8. The molecule has 2 aromatic rings. The molecule has 0 bridgehead atoms. The van der Waals surface area contributed by atoms with Crippen LogP contribution in [0.5, 0.6) is 0 Å². The number of alkyl carbamates (subject to hydrolysis) is 1. The number of ether oxygens (including phenoxy) is 1. The second kappa shape index (κ2) is 18.3. The fourth-order valence-electron chi connectivity index (χ4n) is 5.19. The molecule has 238 valence electrons. The smallest absolute Gasteiger partial charge is 0.408 e. The maximum atomic E-state index is 14.6. The van der Waals surface area contributed by atoms with Crippen LogP contribution in [0.4, 0.5) is 4.79 Å². The van der Waals surface area contributed by atoms with Crippen molar-refractivity contribution >= 4 is 17.9 Å². The fourth-order valence-corrected chi connectivity index (χ4v) is 5.19. The summed E-state index contributed by atoms with van der Waals surface area (Å²) in [5.41, 5.74) is 2.11. The Morgan fingerprint density at radius 2 is 1.47 bits per heavy atom. The van der Waals surface area contributed by atoms with Gasteiger partial charge in [0.1, 0.15) is 17.7 Å². The molecule has 0 fully saturated rings. The minimum Gasteiger partial charge on any atom is -0.444 e. The zero-order chi connectivity index (χ0) is 31.8. The van der Waals surface area contributed by atoms with Gasteiger partial charge in [-0.1, -0.05) is 107 Å². The summed E-state index contributed by atoms with van der Waals surface area (Å²) in [6.45, 7) is 14.1. The van der Waals surface area contributed by atoms with E-state index in [-0.39, 0.29) is 24.3 Å². The highest BCUT2D eigenvalue weighted by molar-refractivity contribution is 5.92. The number of aryl methyl sites for hydroxylation is 1. The van der Waals surface area contributed by atoms with E-state index in [9.17, 15) is 14.4 Å². The number of nitrogens with zero attached hydrogens (tertiary/aromatic N) is 1. The molecular weight excluding hydrogens is 538 g/mol. The number of rotatable bonds is 17. The molecule has 2 aromatic carbocycles. The van der Waals surface area contributed by atoms with E-state index in [2.05, 4.69) is 31.4 Å². The summed E-state index contributed by atoms with van der Waals surface area (Å²) >= 11 is 0. The Kier molecular flexibility index (Phi) is 15.3. The Balaban J connectivity index is 2.55. The number of nitrogens with one attached hydrogen (secondary N) is 2. The Hall–Kier alpha value is -3.35. The topological polar surface area (TPSA) is 87.7 Å². The van der Waals surface area contributed by atoms with E-state index in [4.69, 9.17) is 4.74 Å². The highest BCUT2D eigenvalue weighted by Gasteiger charge is 2.36. The van der Waals surface area contributed by atoms with E-state index in [0.29, 0.717) is 6.54 Å². The van der Waals surface area contributed by atoms with Gasteiger partial charge in [-0.15, -0.1) is 0 Å². The van der Waals surface area contributed by atoms with Gasteiger partial charge in [0.25, 0.3) is 0 Å². The molecule has 0 radical (unpaired) electrons. The van der Waals surface area contributed by atoms with Crippen molar-refractivity contribution < 1.29 is 19.1 Å². The third kappa shape index (κ3) is 12.8. The third-order valence-electron chi connectivity index (χ3n) is 7.43. The van der Waals surface area contributed by atoms with Gasteiger partial charge in [-0.05, 0) is 63.6 Å². The van der Waals surface area contributed by atoms with Crippen LogP contribution in [-0.2, 0) is 27.2 Å². The van der Waals surface area contributed by atoms with Gasteiger partial charge in [0.2, 0.25) is 11.8 Å². The van der Waals surface area contributed by atoms with E-state index in [1.165, 1.54) is 0 Å². The van der Waals surface area contributed by atoms with Gasteiger partial charge in [0, 0.05) is 19.0 Å². The van der Waals surface area contributed by atoms with Crippen molar-refractivity contribution in [3.63, 3.8) is 0 Å². The first-order chi connectivity index (χ1) is 20.5. The van der Waals surface area contributed by atoms with Crippen LogP contribution in [0.15, 0.2) is 54.6 Å². The van der Waals surface area contributed by atoms with Crippen molar-refractivity contribution in [2.45, 2.75) is 130 Å². The molecule has 0 aliphatic rings. The van der Waals surface area contributed by atoms with Gasteiger partial charge < -0.3 is 20.3 Å². The number of benzene rings is 2. The third-order valence-corrected chi connectivity index (χ3v) is 7.43. The van der Waals surface area contributed by atoms with E-state index in [1.54, 1.807) is 25.7 Å². The summed E-state index contributed by atoms with van der Waals surface area (Å²) < 4.78 is 5.56. The van der Waals surface area contributed by atoms with Gasteiger partial charge in [0.15, 0.2) is 0 Å². The Morgan fingerprint density at radius 3 is 2.05 bits per heavy atom. The molecule has 7 heteroatoms. The highest BCUT2D eigenvalue weighted by atomic mass is 16.6. The number of hydrogen-bond donors (Lipinski definition) is 2. The summed E-state index contributed by atoms with van der Waals surface area (Å²) in [5, 5.41) is 6.02. The summed E-state index contributed by atoms with van der Waals surface area (Å²) in [6, 6.07) is 15.8. The molecule has 7 nitrogen and oxygen atoms in total. The highest BCUT2D eigenvalue weighted by Crippen LogP contribution is 2.25. The molecule has 0 heterocycles. The molecule has 43 heavy (non-hydrogen) atoms. The van der Waals surface area contributed by atoms with E-state index in [1.807, 2.05) is 61.5 Å². The van der Waals surface area contributed by atoms with Crippen LogP contribution < -0.4 is 10.6 Å². The average Bonchev–Trinajstić information content (AvgIpc) is 2.95. The molecule has 3 unspecified atom stereocenters. The fraction of sp³-hybridized carbons (Fsp3) is 0.583. The number of unbranched alkanes of at least 4 members (excludes halogenated alkanes) is 4. The zero-order valence-corrected chi connectivity index (χ0v) is 27.6. The van der Waals surface area contributed by atoms with Crippen LogP contribution in [0.25, 0.3) is 0 Å².